The molecule has 2 aromatic carbocycles. The van der Waals surface area contributed by atoms with Crippen LogP contribution in [0.5, 0.6) is 0 Å². The van der Waals surface area contributed by atoms with Crippen LogP contribution in [0, 0.1) is 11.7 Å². The summed E-state index contributed by atoms with van der Waals surface area (Å²) in [6, 6.07) is 15.0. The summed E-state index contributed by atoms with van der Waals surface area (Å²) in [5.41, 5.74) is 1.40. The van der Waals surface area contributed by atoms with Gasteiger partial charge in [-0.05, 0) is 29.2 Å². The molecule has 0 aliphatic heterocycles. The molecule has 130 valence electrons. The molecule has 1 N–H and O–H groups in total. The highest BCUT2D eigenvalue weighted by molar-refractivity contribution is 7.88. The van der Waals surface area contributed by atoms with Crippen LogP contribution >= 0.6 is 0 Å². The van der Waals surface area contributed by atoms with Crippen molar-refractivity contribution in [1.29, 1.82) is 0 Å². The zero-order valence-corrected chi connectivity index (χ0v) is 14.9. The fourth-order valence-corrected chi connectivity index (χ4v) is 4.36. The van der Waals surface area contributed by atoms with Gasteiger partial charge >= 0.3 is 0 Å². The number of halogens is 1. The second kappa shape index (κ2) is 8.40. The van der Waals surface area contributed by atoms with E-state index in [4.69, 9.17) is 0 Å². The quantitative estimate of drug-likeness (QED) is 0.767. The van der Waals surface area contributed by atoms with Crippen LogP contribution in [0.1, 0.15) is 43.9 Å². The van der Waals surface area contributed by atoms with Crippen LogP contribution in [0.25, 0.3) is 0 Å². The average molecular weight is 349 g/mol. The van der Waals surface area contributed by atoms with Gasteiger partial charge in [0, 0.05) is 6.04 Å². The van der Waals surface area contributed by atoms with Crippen LogP contribution < -0.4 is 4.72 Å². The predicted octanol–water partition coefficient (Wildman–Crippen LogP) is 4.42. The molecule has 0 saturated carbocycles. The van der Waals surface area contributed by atoms with Gasteiger partial charge in [0.25, 0.3) is 0 Å². The molecule has 1 atom stereocenters. The molecule has 0 aliphatic rings. The monoisotopic (exact) mass is 349 g/mol. The minimum atomic E-state index is -3.58. The van der Waals surface area contributed by atoms with Crippen molar-refractivity contribution < 1.29 is 12.8 Å². The van der Waals surface area contributed by atoms with Gasteiger partial charge in [0.05, 0.1) is 5.75 Å². The first-order chi connectivity index (χ1) is 11.4. The Morgan fingerprint density at radius 1 is 1.00 bits per heavy atom. The second-order valence-electron chi connectivity index (χ2n) is 5.97. The molecule has 0 bridgehead atoms. The molecule has 0 aromatic heterocycles. The van der Waals surface area contributed by atoms with Crippen LogP contribution in [0.3, 0.4) is 0 Å². The van der Waals surface area contributed by atoms with Gasteiger partial charge in [0.2, 0.25) is 10.0 Å². The van der Waals surface area contributed by atoms with Gasteiger partial charge in [0.15, 0.2) is 0 Å². The second-order valence-corrected chi connectivity index (χ2v) is 7.73. The molecule has 2 aromatic rings. The average Bonchev–Trinajstić information content (AvgIpc) is 2.55. The smallest absolute Gasteiger partial charge is 0.212 e. The van der Waals surface area contributed by atoms with E-state index in [-0.39, 0.29) is 17.7 Å². The Morgan fingerprint density at radius 2 is 1.67 bits per heavy atom. The van der Waals surface area contributed by atoms with Crippen LogP contribution in [-0.2, 0) is 15.8 Å². The summed E-state index contributed by atoms with van der Waals surface area (Å²) >= 11 is 0. The molecular weight excluding hydrogens is 325 g/mol. The van der Waals surface area contributed by atoms with Crippen LogP contribution in [0.2, 0.25) is 0 Å². The van der Waals surface area contributed by atoms with Gasteiger partial charge in [-0.25, -0.2) is 17.5 Å². The normalized spacial score (nSPS) is 13.2. The first-order valence-corrected chi connectivity index (χ1v) is 9.89. The van der Waals surface area contributed by atoms with Crippen molar-refractivity contribution in [3.63, 3.8) is 0 Å². The molecule has 0 amide bonds. The van der Waals surface area contributed by atoms with Crippen molar-refractivity contribution in [1.82, 2.24) is 4.72 Å². The zero-order chi connectivity index (χ0) is 17.6. The van der Waals surface area contributed by atoms with Gasteiger partial charge in [-0.3, -0.25) is 0 Å². The summed E-state index contributed by atoms with van der Waals surface area (Å²) < 4.78 is 41.3. The third-order valence-electron chi connectivity index (χ3n) is 4.23. The predicted molar refractivity (Wildman–Crippen MR) is 95.4 cm³/mol. The van der Waals surface area contributed by atoms with E-state index in [0.717, 1.165) is 18.4 Å². The van der Waals surface area contributed by atoms with Crippen molar-refractivity contribution in [2.45, 2.75) is 38.5 Å². The summed E-state index contributed by atoms with van der Waals surface area (Å²) in [4.78, 5) is 0. The lowest BCUT2D eigenvalue weighted by Gasteiger charge is -2.26. The summed E-state index contributed by atoms with van der Waals surface area (Å²) in [5, 5.41) is 0. The number of benzene rings is 2. The van der Waals surface area contributed by atoms with Crippen molar-refractivity contribution >= 4 is 10.0 Å². The number of hydrogen-bond acceptors (Lipinski definition) is 2. The number of nitrogens with one attached hydrogen (secondary N) is 1. The standard InChI is InChI=1S/C19H24FNO2S/c1-3-16(4-2)19(17-10-6-5-7-11-17)21-24(22,23)14-15-9-8-12-18(20)13-15/h5-13,16,19,21H,3-4,14H2,1-2H3. The third kappa shape index (κ3) is 5.14. The van der Waals surface area contributed by atoms with Gasteiger partial charge in [-0.2, -0.15) is 0 Å². The maximum atomic E-state index is 13.3. The SMILES string of the molecule is CCC(CC)C(NS(=O)(=O)Cc1cccc(F)c1)c1ccccc1. The van der Waals surface area contributed by atoms with Gasteiger partial charge in [0.1, 0.15) is 5.82 Å². The van der Waals surface area contributed by atoms with Crippen molar-refractivity contribution in [2.75, 3.05) is 0 Å². The highest BCUT2D eigenvalue weighted by Crippen LogP contribution is 2.28. The van der Waals surface area contributed by atoms with E-state index in [1.54, 1.807) is 6.07 Å². The highest BCUT2D eigenvalue weighted by Gasteiger charge is 2.25. The lowest BCUT2D eigenvalue weighted by molar-refractivity contribution is 0.378. The van der Waals surface area contributed by atoms with Gasteiger partial charge < -0.3 is 0 Å². The molecule has 0 heterocycles. The lowest BCUT2D eigenvalue weighted by Crippen LogP contribution is -2.34. The molecule has 3 nitrogen and oxygen atoms in total. The Kier molecular flexibility index (Phi) is 6.52. The lowest BCUT2D eigenvalue weighted by atomic mass is 9.90. The van der Waals surface area contributed by atoms with Crippen molar-refractivity contribution in [3.8, 4) is 0 Å². The molecule has 0 saturated heterocycles. The minimum Gasteiger partial charge on any atom is -0.212 e. The molecule has 0 aliphatic carbocycles. The van der Waals surface area contributed by atoms with Gasteiger partial charge in [-0.1, -0.05) is 69.2 Å². The molecule has 0 fully saturated rings. The van der Waals surface area contributed by atoms with Crippen LogP contribution in [0.15, 0.2) is 54.6 Å². The van der Waals surface area contributed by atoms with E-state index in [2.05, 4.69) is 18.6 Å². The molecular formula is C19H24FNO2S. The maximum Gasteiger partial charge on any atom is 0.216 e. The third-order valence-corrected chi connectivity index (χ3v) is 5.56. The van der Waals surface area contributed by atoms with E-state index in [9.17, 15) is 12.8 Å². The van der Waals surface area contributed by atoms with Crippen LogP contribution in [0.4, 0.5) is 4.39 Å². The van der Waals surface area contributed by atoms with E-state index >= 15 is 0 Å². The van der Waals surface area contributed by atoms with E-state index in [1.807, 2.05) is 30.3 Å². The van der Waals surface area contributed by atoms with E-state index in [0.29, 0.717) is 5.56 Å². The summed E-state index contributed by atoms with van der Waals surface area (Å²) in [5.74, 6) is -0.453. The number of hydrogen-bond donors (Lipinski definition) is 1. The highest BCUT2D eigenvalue weighted by atomic mass is 32.2. The first-order valence-electron chi connectivity index (χ1n) is 8.24. The molecule has 0 spiro atoms. The van der Waals surface area contributed by atoms with E-state index < -0.39 is 15.8 Å². The van der Waals surface area contributed by atoms with Gasteiger partial charge in [-0.15, -0.1) is 0 Å². The van der Waals surface area contributed by atoms with Crippen LogP contribution in [-0.4, -0.2) is 8.42 Å². The molecule has 0 radical (unpaired) electrons. The molecule has 1 unspecified atom stereocenters. The molecule has 5 heteroatoms. The van der Waals surface area contributed by atoms with Crippen molar-refractivity contribution in [2.24, 2.45) is 5.92 Å². The Hall–Kier alpha value is -1.72. The Bertz CT molecular complexity index is 743. The Balaban J connectivity index is 2.24. The largest absolute Gasteiger partial charge is 0.216 e. The first kappa shape index (κ1) is 18.6. The Morgan fingerprint density at radius 3 is 2.25 bits per heavy atom. The zero-order valence-electron chi connectivity index (χ0n) is 14.1. The topological polar surface area (TPSA) is 46.2 Å². The minimum absolute atomic E-state index is 0.203. The fourth-order valence-electron chi connectivity index (χ4n) is 2.94. The number of rotatable bonds is 8. The fraction of sp³-hybridized carbons (Fsp3) is 0.368. The number of sulfonamides is 1. The Labute approximate surface area is 144 Å². The molecule has 24 heavy (non-hydrogen) atoms. The van der Waals surface area contributed by atoms with E-state index in [1.165, 1.54) is 18.2 Å². The maximum absolute atomic E-state index is 13.3. The summed E-state index contributed by atoms with van der Waals surface area (Å²) in [6.07, 6.45) is 1.75. The summed E-state index contributed by atoms with van der Waals surface area (Å²) in [6.45, 7) is 4.12. The molecule has 2 rings (SSSR count). The van der Waals surface area contributed by atoms with Crippen molar-refractivity contribution in [3.05, 3.63) is 71.5 Å². The summed E-state index contributed by atoms with van der Waals surface area (Å²) in [7, 11) is -3.58.